The Kier molecular flexibility index (Phi) is 3.22. The van der Waals surface area contributed by atoms with E-state index in [1.807, 2.05) is 13.8 Å². The Labute approximate surface area is 107 Å². The predicted molar refractivity (Wildman–Crippen MR) is 67.9 cm³/mol. The van der Waals surface area contributed by atoms with Gasteiger partial charge in [0.15, 0.2) is 0 Å². The van der Waals surface area contributed by atoms with E-state index in [1.165, 1.54) is 11.3 Å². The van der Waals surface area contributed by atoms with Crippen LogP contribution in [0.2, 0.25) is 4.34 Å². The molecule has 2 aromatic heterocycles. The second-order valence-electron chi connectivity index (χ2n) is 3.87. The van der Waals surface area contributed by atoms with Gasteiger partial charge < -0.3 is 5.11 Å². The third-order valence-electron chi connectivity index (χ3n) is 2.30. The molecular formula is C11H11ClN2O2S. The maximum Gasteiger partial charge on any atom is 0.339 e. The van der Waals surface area contributed by atoms with Gasteiger partial charge in [0.2, 0.25) is 0 Å². The number of carboxylic acids is 1. The maximum atomic E-state index is 11.2. The van der Waals surface area contributed by atoms with Crippen molar-refractivity contribution in [3.8, 4) is 10.6 Å². The summed E-state index contributed by atoms with van der Waals surface area (Å²) in [7, 11) is 0. The van der Waals surface area contributed by atoms with Crippen molar-refractivity contribution in [2.75, 3.05) is 0 Å². The number of rotatable bonds is 3. The van der Waals surface area contributed by atoms with Crippen LogP contribution in [0, 0.1) is 0 Å². The molecule has 90 valence electrons. The Morgan fingerprint density at radius 2 is 2.24 bits per heavy atom. The molecule has 0 aliphatic heterocycles. The lowest BCUT2D eigenvalue weighted by molar-refractivity contribution is 0.0697. The molecule has 4 nitrogen and oxygen atoms in total. The van der Waals surface area contributed by atoms with E-state index in [9.17, 15) is 4.79 Å². The van der Waals surface area contributed by atoms with Crippen LogP contribution in [0.25, 0.3) is 10.6 Å². The molecule has 2 heterocycles. The minimum atomic E-state index is -0.976. The van der Waals surface area contributed by atoms with Crippen molar-refractivity contribution in [2.45, 2.75) is 19.9 Å². The topological polar surface area (TPSA) is 55.1 Å². The minimum absolute atomic E-state index is 0.122. The highest BCUT2D eigenvalue weighted by atomic mass is 35.5. The summed E-state index contributed by atoms with van der Waals surface area (Å²) in [5, 5.41) is 13.4. The van der Waals surface area contributed by atoms with E-state index >= 15 is 0 Å². The Bertz CT molecular complexity index is 560. The van der Waals surface area contributed by atoms with Gasteiger partial charge in [0.1, 0.15) is 11.3 Å². The standard InChI is InChI=1S/C11H11ClN2O2S/c1-6(2)14-5-7(11(15)16)10(13-14)8-3-4-9(12)17-8/h3-6H,1-2H3,(H,15,16). The summed E-state index contributed by atoms with van der Waals surface area (Å²) in [4.78, 5) is 11.9. The fourth-order valence-electron chi connectivity index (χ4n) is 1.44. The number of hydrogen-bond acceptors (Lipinski definition) is 3. The van der Waals surface area contributed by atoms with Gasteiger partial charge in [-0.1, -0.05) is 11.6 Å². The summed E-state index contributed by atoms with van der Waals surface area (Å²) < 4.78 is 2.27. The molecule has 0 unspecified atom stereocenters. The van der Waals surface area contributed by atoms with Crippen molar-refractivity contribution in [2.24, 2.45) is 0 Å². The van der Waals surface area contributed by atoms with Gasteiger partial charge in [-0.2, -0.15) is 5.10 Å². The van der Waals surface area contributed by atoms with E-state index in [4.69, 9.17) is 16.7 Å². The molecular weight excluding hydrogens is 260 g/mol. The first kappa shape index (κ1) is 12.1. The smallest absolute Gasteiger partial charge is 0.339 e. The Morgan fingerprint density at radius 3 is 2.71 bits per heavy atom. The van der Waals surface area contributed by atoms with Crippen LogP contribution in [0.3, 0.4) is 0 Å². The molecule has 0 aliphatic carbocycles. The van der Waals surface area contributed by atoms with Gasteiger partial charge in [0.05, 0.1) is 9.21 Å². The number of thiophene rings is 1. The first-order chi connectivity index (χ1) is 7.99. The lowest BCUT2D eigenvalue weighted by Gasteiger charge is -2.02. The Morgan fingerprint density at radius 1 is 1.53 bits per heavy atom. The zero-order valence-corrected chi connectivity index (χ0v) is 10.9. The molecule has 0 spiro atoms. The Balaban J connectivity index is 2.55. The molecule has 17 heavy (non-hydrogen) atoms. The average Bonchev–Trinajstić information content (AvgIpc) is 2.82. The van der Waals surface area contributed by atoms with Gasteiger partial charge in [-0.3, -0.25) is 4.68 Å². The molecule has 0 saturated heterocycles. The SMILES string of the molecule is CC(C)n1cc(C(=O)O)c(-c2ccc(Cl)s2)n1. The molecule has 0 saturated carbocycles. The zero-order chi connectivity index (χ0) is 12.6. The van der Waals surface area contributed by atoms with Crippen LogP contribution in [0.4, 0.5) is 0 Å². The lowest BCUT2D eigenvalue weighted by Crippen LogP contribution is -2.00. The Hall–Kier alpha value is -1.33. The molecule has 0 bridgehead atoms. The average molecular weight is 271 g/mol. The van der Waals surface area contributed by atoms with E-state index in [1.54, 1.807) is 23.0 Å². The fourth-order valence-corrected chi connectivity index (χ4v) is 2.48. The third kappa shape index (κ3) is 2.35. The van der Waals surface area contributed by atoms with Crippen molar-refractivity contribution < 1.29 is 9.90 Å². The summed E-state index contributed by atoms with van der Waals surface area (Å²) in [6.45, 7) is 3.90. The van der Waals surface area contributed by atoms with E-state index in [0.29, 0.717) is 10.0 Å². The highest BCUT2D eigenvalue weighted by Crippen LogP contribution is 2.32. The van der Waals surface area contributed by atoms with Crippen LogP contribution in [0.5, 0.6) is 0 Å². The van der Waals surface area contributed by atoms with Crippen LogP contribution in [-0.4, -0.2) is 20.9 Å². The van der Waals surface area contributed by atoms with E-state index < -0.39 is 5.97 Å². The highest BCUT2D eigenvalue weighted by Gasteiger charge is 2.19. The highest BCUT2D eigenvalue weighted by molar-refractivity contribution is 7.19. The van der Waals surface area contributed by atoms with Gasteiger partial charge in [0.25, 0.3) is 0 Å². The third-order valence-corrected chi connectivity index (χ3v) is 3.54. The lowest BCUT2D eigenvalue weighted by atomic mass is 10.2. The molecule has 6 heteroatoms. The molecule has 0 aliphatic rings. The van der Waals surface area contributed by atoms with Crippen molar-refractivity contribution in [3.63, 3.8) is 0 Å². The summed E-state index contributed by atoms with van der Waals surface area (Å²) in [6, 6.07) is 3.64. The van der Waals surface area contributed by atoms with Crippen LogP contribution >= 0.6 is 22.9 Å². The fraction of sp³-hybridized carbons (Fsp3) is 0.273. The molecule has 0 radical (unpaired) electrons. The van der Waals surface area contributed by atoms with Crippen LogP contribution in [0.1, 0.15) is 30.2 Å². The van der Waals surface area contributed by atoms with Crippen molar-refractivity contribution in [3.05, 3.63) is 28.2 Å². The number of nitrogens with zero attached hydrogens (tertiary/aromatic N) is 2. The zero-order valence-electron chi connectivity index (χ0n) is 9.35. The molecule has 0 atom stereocenters. The van der Waals surface area contributed by atoms with E-state index in [2.05, 4.69) is 5.10 Å². The molecule has 0 aromatic carbocycles. The first-order valence-corrected chi connectivity index (χ1v) is 6.26. The molecule has 1 N–H and O–H groups in total. The molecule has 0 fully saturated rings. The van der Waals surface area contributed by atoms with Crippen LogP contribution < -0.4 is 0 Å². The quantitative estimate of drug-likeness (QED) is 0.928. The monoisotopic (exact) mass is 270 g/mol. The molecule has 2 aromatic rings. The van der Waals surface area contributed by atoms with Crippen LogP contribution in [0.15, 0.2) is 18.3 Å². The second-order valence-corrected chi connectivity index (χ2v) is 5.59. The van der Waals surface area contributed by atoms with Gasteiger partial charge in [-0.05, 0) is 26.0 Å². The maximum absolute atomic E-state index is 11.2. The number of carboxylic acid groups (broad SMARTS) is 1. The summed E-state index contributed by atoms with van der Waals surface area (Å²) >= 11 is 7.17. The largest absolute Gasteiger partial charge is 0.478 e. The molecule has 0 amide bonds. The summed E-state index contributed by atoms with van der Waals surface area (Å²) in [5.41, 5.74) is 0.681. The predicted octanol–water partition coefficient (Wildman–Crippen LogP) is 3.54. The number of aromatic nitrogens is 2. The second kappa shape index (κ2) is 4.50. The van der Waals surface area contributed by atoms with E-state index in [0.717, 1.165) is 4.88 Å². The minimum Gasteiger partial charge on any atom is -0.478 e. The number of carbonyl (C=O) groups is 1. The van der Waals surface area contributed by atoms with Gasteiger partial charge in [0, 0.05) is 12.2 Å². The van der Waals surface area contributed by atoms with E-state index in [-0.39, 0.29) is 11.6 Å². The van der Waals surface area contributed by atoms with Crippen LogP contribution in [-0.2, 0) is 0 Å². The summed E-state index contributed by atoms with van der Waals surface area (Å²) in [6.07, 6.45) is 1.55. The molecule has 2 rings (SSSR count). The number of aromatic carboxylic acids is 1. The van der Waals surface area contributed by atoms with Gasteiger partial charge >= 0.3 is 5.97 Å². The summed E-state index contributed by atoms with van der Waals surface area (Å²) in [5.74, 6) is -0.976. The number of hydrogen-bond donors (Lipinski definition) is 1. The first-order valence-electron chi connectivity index (χ1n) is 5.07. The van der Waals surface area contributed by atoms with Gasteiger partial charge in [-0.25, -0.2) is 4.79 Å². The van der Waals surface area contributed by atoms with Crippen molar-refractivity contribution in [1.29, 1.82) is 0 Å². The normalized spacial score (nSPS) is 11.1. The van der Waals surface area contributed by atoms with Crippen molar-refractivity contribution >= 4 is 28.9 Å². The number of halogens is 1. The van der Waals surface area contributed by atoms with Crippen molar-refractivity contribution in [1.82, 2.24) is 9.78 Å². The van der Waals surface area contributed by atoms with Gasteiger partial charge in [-0.15, -0.1) is 11.3 Å².